The van der Waals surface area contributed by atoms with Crippen LogP contribution in [0.2, 0.25) is 0 Å². The molecule has 136 valence electrons. The summed E-state index contributed by atoms with van der Waals surface area (Å²) in [5.41, 5.74) is 10.4. The average Bonchev–Trinajstić information content (AvgIpc) is 3.13. The van der Waals surface area contributed by atoms with Gasteiger partial charge in [0.15, 0.2) is 0 Å². The highest BCUT2D eigenvalue weighted by Crippen LogP contribution is 2.38. The van der Waals surface area contributed by atoms with Gasteiger partial charge in [-0.05, 0) is 49.9 Å². The van der Waals surface area contributed by atoms with Gasteiger partial charge in [0.2, 0.25) is 0 Å². The molecule has 1 amide bonds. The lowest BCUT2D eigenvalue weighted by Gasteiger charge is -2.09. The van der Waals surface area contributed by atoms with E-state index in [0.717, 1.165) is 10.0 Å². The number of hydrazine groups is 1. The third kappa shape index (κ3) is 4.34. The van der Waals surface area contributed by atoms with Crippen molar-refractivity contribution in [2.75, 3.05) is 0 Å². The number of nitrogens with one attached hydrogen (secondary N) is 3. The number of benzene rings is 2. The molecule has 0 spiro atoms. The van der Waals surface area contributed by atoms with Crippen LogP contribution < -0.4 is 16.3 Å². The number of aromatic hydroxyl groups is 1. The van der Waals surface area contributed by atoms with Gasteiger partial charge in [0.05, 0.1) is 15.2 Å². The molecule has 9 heteroatoms. The number of phenolic OH excluding ortho intramolecular Hbond substituents is 1. The van der Waals surface area contributed by atoms with Crippen molar-refractivity contribution >= 4 is 59.9 Å². The maximum absolute atomic E-state index is 12.3. The Morgan fingerprint density at radius 3 is 2.65 bits per heavy atom. The number of hydrogen-bond donors (Lipinski definition) is 4. The zero-order valence-corrected chi connectivity index (χ0v) is 18.1. The van der Waals surface area contributed by atoms with E-state index < -0.39 is 0 Å². The fourth-order valence-electron chi connectivity index (χ4n) is 2.58. The number of rotatable bonds is 4. The SMILES string of the molecule is O=C(N/N=C/c1c(Br)cc(Br)c(O)c1Br)C1CC(c2ccccc2)NN1. The van der Waals surface area contributed by atoms with E-state index >= 15 is 0 Å². The van der Waals surface area contributed by atoms with Crippen molar-refractivity contribution in [3.05, 3.63) is 60.9 Å². The van der Waals surface area contributed by atoms with Gasteiger partial charge >= 0.3 is 0 Å². The molecule has 0 aliphatic carbocycles. The summed E-state index contributed by atoms with van der Waals surface area (Å²) in [6.07, 6.45) is 2.09. The third-order valence-electron chi connectivity index (χ3n) is 3.97. The molecule has 2 unspecified atom stereocenters. The molecule has 26 heavy (non-hydrogen) atoms. The summed E-state index contributed by atoms with van der Waals surface area (Å²) in [7, 11) is 0. The second kappa shape index (κ2) is 8.62. The lowest BCUT2D eigenvalue weighted by Crippen LogP contribution is -2.41. The minimum atomic E-state index is -0.387. The Labute approximate surface area is 175 Å². The van der Waals surface area contributed by atoms with E-state index in [1.54, 1.807) is 6.07 Å². The molecule has 1 fully saturated rings. The number of hydrogen-bond acceptors (Lipinski definition) is 5. The first-order valence-electron chi connectivity index (χ1n) is 7.72. The second-order valence-corrected chi connectivity index (χ2v) is 8.19. The van der Waals surface area contributed by atoms with Gasteiger partial charge in [0.25, 0.3) is 5.91 Å². The standard InChI is InChI=1S/C17H15Br3N4O2/c18-11-6-12(19)16(25)15(20)10(11)8-21-24-17(26)14-7-13(22-23-14)9-4-2-1-3-5-9/h1-6,8,13-14,22-23,25H,7H2,(H,24,26)/b21-8+. The van der Waals surface area contributed by atoms with Gasteiger partial charge < -0.3 is 5.11 Å². The molecule has 2 aromatic carbocycles. The van der Waals surface area contributed by atoms with E-state index in [-0.39, 0.29) is 23.7 Å². The summed E-state index contributed by atoms with van der Waals surface area (Å²) >= 11 is 9.97. The number of halogens is 3. The van der Waals surface area contributed by atoms with Gasteiger partial charge in [-0.1, -0.05) is 46.3 Å². The zero-order chi connectivity index (χ0) is 18.7. The van der Waals surface area contributed by atoms with Crippen LogP contribution in [-0.2, 0) is 4.79 Å². The van der Waals surface area contributed by atoms with Crippen LogP contribution in [0.4, 0.5) is 0 Å². The van der Waals surface area contributed by atoms with Crippen LogP contribution in [-0.4, -0.2) is 23.3 Å². The van der Waals surface area contributed by atoms with Crippen molar-refractivity contribution in [2.24, 2.45) is 5.10 Å². The predicted molar refractivity (Wildman–Crippen MR) is 111 cm³/mol. The maximum atomic E-state index is 12.3. The fourth-order valence-corrected chi connectivity index (χ4v) is 4.91. The van der Waals surface area contributed by atoms with Crippen molar-refractivity contribution in [3.63, 3.8) is 0 Å². The summed E-state index contributed by atoms with van der Waals surface area (Å²) in [5.74, 6) is -0.172. The first-order chi connectivity index (χ1) is 12.5. The Kier molecular flexibility index (Phi) is 6.46. The molecule has 0 saturated carbocycles. The molecule has 3 rings (SSSR count). The monoisotopic (exact) mass is 544 g/mol. The van der Waals surface area contributed by atoms with Crippen LogP contribution in [0.25, 0.3) is 0 Å². The Bertz CT molecular complexity index is 846. The Hall–Kier alpha value is -1.26. The molecular formula is C17H15Br3N4O2. The summed E-state index contributed by atoms with van der Waals surface area (Å²) in [5, 5.41) is 13.9. The molecule has 4 N–H and O–H groups in total. The Morgan fingerprint density at radius 1 is 1.19 bits per heavy atom. The van der Waals surface area contributed by atoms with Gasteiger partial charge in [-0.15, -0.1) is 0 Å². The molecule has 1 saturated heterocycles. The van der Waals surface area contributed by atoms with Gasteiger partial charge in [-0.2, -0.15) is 5.10 Å². The molecule has 1 heterocycles. The molecule has 0 aromatic heterocycles. The lowest BCUT2D eigenvalue weighted by atomic mass is 10.0. The fraction of sp³-hybridized carbons (Fsp3) is 0.176. The quantitative estimate of drug-likeness (QED) is 0.348. The molecule has 0 bridgehead atoms. The molecule has 1 aliphatic heterocycles. The first-order valence-corrected chi connectivity index (χ1v) is 10.1. The second-order valence-electron chi connectivity index (χ2n) is 5.69. The number of amides is 1. The molecule has 0 radical (unpaired) electrons. The molecule has 2 aromatic rings. The Balaban J connectivity index is 1.62. The van der Waals surface area contributed by atoms with Crippen LogP contribution in [0.3, 0.4) is 0 Å². The van der Waals surface area contributed by atoms with Crippen LogP contribution in [0, 0.1) is 0 Å². The van der Waals surface area contributed by atoms with Crippen LogP contribution in [0.15, 0.2) is 54.9 Å². The van der Waals surface area contributed by atoms with Crippen LogP contribution in [0.5, 0.6) is 5.75 Å². The van der Waals surface area contributed by atoms with E-state index in [1.165, 1.54) is 6.21 Å². The normalized spacial score (nSPS) is 19.8. The summed E-state index contributed by atoms with van der Waals surface area (Å²) in [6, 6.07) is 11.3. The highest BCUT2D eigenvalue weighted by atomic mass is 79.9. The summed E-state index contributed by atoms with van der Waals surface area (Å²) < 4.78 is 1.74. The minimum absolute atomic E-state index is 0.0633. The van der Waals surface area contributed by atoms with Gasteiger partial charge in [0.1, 0.15) is 11.8 Å². The predicted octanol–water partition coefficient (Wildman–Crippen LogP) is 3.74. The maximum Gasteiger partial charge on any atom is 0.258 e. The van der Waals surface area contributed by atoms with Crippen molar-refractivity contribution in [2.45, 2.75) is 18.5 Å². The minimum Gasteiger partial charge on any atom is -0.506 e. The lowest BCUT2D eigenvalue weighted by molar-refractivity contribution is -0.122. The first kappa shape index (κ1) is 19.5. The van der Waals surface area contributed by atoms with Crippen LogP contribution in [0.1, 0.15) is 23.6 Å². The topological polar surface area (TPSA) is 85.8 Å². The summed E-state index contributed by atoms with van der Waals surface area (Å²) in [6.45, 7) is 0. The van der Waals surface area contributed by atoms with E-state index in [4.69, 9.17) is 0 Å². The van der Waals surface area contributed by atoms with Gasteiger partial charge in [-0.3, -0.25) is 4.79 Å². The largest absolute Gasteiger partial charge is 0.506 e. The average molecular weight is 547 g/mol. The number of phenols is 1. The van der Waals surface area contributed by atoms with E-state index in [9.17, 15) is 9.90 Å². The van der Waals surface area contributed by atoms with Crippen molar-refractivity contribution in [1.29, 1.82) is 0 Å². The number of nitrogens with zero attached hydrogens (tertiary/aromatic N) is 1. The molecular weight excluding hydrogens is 532 g/mol. The van der Waals surface area contributed by atoms with Crippen LogP contribution >= 0.6 is 47.8 Å². The number of carbonyl (C=O) groups excluding carboxylic acids is 1. The van der Waals surface area contributed by atoms with E-state index in [2.05, 4.69) is 69.2 Å². The molecule has 1 aliphatic rings. The third-order valence-corrected chi connectivity index (χ3v) is 6.03. The van der Waals surface area contributed by atoms with Gasteiger partial charge in [0, 0.05) is 16.1 Å². The summed E-state index contributed by atoms with van der Waals surface area (Å²) in [4.78, 5) is 12.3. The zero-order valence-electron chi connectivity index (χ0n) is 13.3. The van der Waals surface area contributed by atoms with E-state index in [0.29, 0.717) is 20.9 Å². The molecule has 6 nitrogen and oxygen atoms in total. The highest BCUT2D eigenvalue weighted by molar-refractivity contribution is 9.11. The Morgan fingerprint density at radius 2 is 1.92 bits per heavy atom. The number of carbonyl (C=O) groups is 1. The van der Waals surface area contributed by atoms with Crippen molar-refractivity contribution in [3.8, 4) is 5.75 Å². The smallest absolute Gasteiger partial charge is 0.258 e. The number of hydrazone groups is 1. The van der Waals surface area contributed by atoms with Crippen molar-refractivity contribution in [1.82, 2.24) is 16.3 Å². The molecule has 2 atom stereocenters. The van der Waals surface area contributed by atoms with Gasteiger partial charge in [-0.25, -0.2) is 16.3 Å². The highest BCUT2D eigenvalue weighted by Gasteiger charge is 2.29. The van der Waals surface area contributed by atoms with E-state index in [1.807, 2.05) is 30.3 Å². The van der Waals surface area contributed by atoms with Crippen molar-refractivity contribution < 1.29 is 9.90 Å².